The van der Waals surface area contributed by atoms with Crippen molar-refractivity contribution in [3.8, 4) is 0 Å². The Bertz CT molecular complexity index is 370. The second-order valence-electron chi connectivity index (χ2n) is 3.73. The molecule has 1 amide bonds. The highest BCUT2D eigenvalue weighted by atomic mass is 32.2. The number of fused-ring (bicyclic) bond motifs is 1. The van der Waals surface area contributed by atoms with Gasteiger partial charge in [-0.2, -0.15) is 0 Å². The van der Waals surface area contributed by atoms with E-state index >= 15 is 0 Å². The van der Waals surface area contributed by atoms with Crippen molar-refractivity contribution in [1.29, 1.82) is 0 Å². The molecule has 0 bridgehead atoms. The monoisotopic (exact) mass is 231 g/mol. The minimum atomic E-state index is -1.44. The molecule has 0 radical (unpaired) electrons. The van der Waals surface area contributed by atoms with Crippen molar-refractivity contribution in [2.45, 2.75) is 29.5 Å². The van der Waals surface area contributed by atoms with Gasteiger partial charge in [0.2, 0.25) is 5.91 Å². The Morgan fingerprint density at radius 3 is 2.53 bits per heavy atom. The van der Waals surface area contributed by atoms with Crippen LogP contribution in [0.1, 0.15) is 13.3 Å². The Morgan fingerprint density at radius 2 is 2.13 bits per heavy atom. The Balaban J connectivity index is 2.39. The summed E-state index contributed by atoms with van der Waals surface area (Å²) in [7, 11) is 0. The van der Waals surface area contributed by atoms with Crippen molar-refractivity contribution in [1.82, 2.24) is 4.90 Å². The maximum absolute atomic E-state index is 11.2. The zero-order chi connectivity index (χ0) is 11.4. The van der Waals surface area contributed by atoms with Gasteiger partial charge in [0, 0.05) is 0 Å². The maximum Gasteiger partial charge on any atom is 0.328 e. The topological polar surface area (TPSA) is 94.9 Å². The first-order chi connectivity index (χ1) is 6.88. The molecule has 0 saturated carbocycles. The summed E-state index contributed by atoms with van der Waals surface area (Å²) in [6, 6.07) is -1.26. The van der Waals surface area contributed by atoms with Gasteiger partial charge in [-0.15, -0.1) is 11.8 Å². The van der Waals surface area contributed by atoms with E-state index < -0.39 is 22.7 Å². The largest absolute Gasteiger partial charge is 0.480 e. The summed E-state index contributed by atoms with van der Waals surface area (Å²) in [6.07, 6.45) is 0.233. The van der Waals surface area contributed by atoms with E-state index in [9.17, 15) is 14.4 Å². The summed E-state index contributed by atoms with van der Waals surface area (Å²) in [6.45, 7) is 1.35. The fourth-order valence-electron chi connectivity index (χ4n) is 1.94. The second-order valence-corrected chi connectivity index (χ2v) is 5.36. The molecule has 0 spiro atoms. The van der Waals surface area contributed by atoms with Gasteiger partial charge in [-0.05, 0) is 6.92 Å². The Kier molecular flexibility index (Phi) is 1.97. The van der Waals surface area contributed by atoms with Gasteiger partial charge in [-0.25, -0.2) is 4.79 Å². The van der Waals surface area contributed by atoms with Crippen molar-refractivity contribution < 1.29 is 24.6 Å². The highest BCUT2D eigenvalue weighted by molar-refractivity contribution is 8.02. The Morgan fingerprint density at radius 1 is 1.53 bits per heavy atom. The molecule has 2 heterocycles. The molecule has 15 heavy (non-hydrogen) atoms. The van der Waals surface area contributed by atoms with Crippen LogP contribution < -0.4 is 0 Å². The van der Waals surface area contributed by atoms with E-state index in [2.05, 4.69) is 0 Å². The SMILES string of the molecule is C[C@@]1(C(=O)O)S[C@@H]2CC(=O)N2[C@H]1C(=O)O. The van der Waals surface area contributed by atoms with Gasteiger partial charge in [0.25, 0.3) is 0 Å². The fourth-order valence-corrected chi connectivity index (χ4v) is 3.53. The number of aliphatic carboxylic acids is 2. The number of rotatable bonds is 2. The predicted molar refractivity (Wildman–Crippen MR) is 50.3 cm³/mol. The number of thioether (sulfide) groups is 1. The molecule has 2 saturated heterocycles. The second kappa shape index (κ2) is 2.88. The number of amides is 1. The summed E-state index contributed by atoms with van der Waals surface area (Å²) in [5.74, 6) is -2.74. The third kappa shape index (κ3) is 1.16. The standard InChI is InChI=1S/C8H9NO5S/c1-8(7(13)14)5(6(11)12)9-3(10)2-4(9)15-8/h4-5H,2H2,1H3,(H,11,12)(H,13,14)/t4-,5+,8-/m1/s1. The number of carboxylic acid groups (broad SMARTS) is 2. The molecule has 0 unspecified atom stereocenters. The summed E-state index contributed by atoms with van der Waals surface area (Å²) in [5.41, 5.74) is 0. The lowest BCUT2D eigenvalue weighted by molar-refractivity contribution is -0.160. The van der Waals surface area contributed by atoms with E-state index in [1.54, 1.807) is 0 Å². The van der Waals surface area contributed by atoms with Crippen molar-refractivity contribution in [3.05, 3.63) is 0 Å². The number of hydrogen-bond donors (Lipinski definition) is 2. The minimum absolute atomic E-state index is 0.233. The summed E-state index contributed by atoms with van der Waals surface area (Å²) < 4.78 is -1.44. The highest BCUT2D eigenvalue weighted by Gasteiger charge is 2.64. The lowest BCUT2D eigenvalue weighted by atomic mass is 9.97. The van der Waals surface area contributed by atoms with Crippen molar-refractivity contribution in [2.75, 3.05) is 0 Å². The molecule has 3 atom stereocenters. The molecule has 2 rings (SSSR count). The van der Waals surface area contributed by atoms with E-state index in [0.29, 0.717) is 0 Å². The lowest BCUT2D eigenvalue weighted by Crippen LogP contribution is -2.58. The van der Waals surface area contributed by atoms with Gasteiger partial charge in [0.1, 0.15) is 4.75 Å². The van der Waals surface area contributed by atoms with Gasteiger partial charge >= 0.3 is 11.9 Å². The molecule has 7 heteroatoms. The van der Waals surface area contributed by atoms with Crippen LogP contribution >= 0.6 is 11.8 Å². The van der Waals surface area contributed by atoms with Crippen LogP contribution in [0.15, 0.2) is 0 Å². The van der Waals surface area contributed by atoms with Crippen LogP contribution in [-0.4, -0.2) is 49.1 Å². The maximum atomic E-state index is 11.2. The van der Waals surface area contributed by atoms with E-state index in [4.69, 9.17) is 10.2 Å². The summed E-state index contributed by atoms with van der Waals surface area (Å²) in [4.78, 5) is 34.4. The molecule has 6 nitrogen and oxygen atoms in total. The first-order valence-electron chi connectivity index (χ1n) is 4.33. The molecule has 0 aliphatic carbocycles. The van der Waals surface area contributed by atoms with Crippen LogP contribution in [0.4, 0.5) is 0 Å². The van der Waals surface area contributed by atoms with Crippen molar-refractivity contribution in [3.63, 3.8) is 0 Å². The molecule has 2 N–H and O–H groups in total. The normalized spacial score (nSPS) is 38.5. The summed E-state index contributed by atoms with van der Waals surface area (Å²) >= 11 is 1.04. The number of nitrogens with zero attached hydrogens (tertiary/aromatic N) is 1. The van der Waals surface area contributed by atoms with Crippen molar-refractivity contribution in [2.24, 2.45) is 0 Å². The van der Waals surface area contributed by atoms with Gasteiger partial charge in [-0.1, -0.05) is 0 Å². The zero-order valence-electron chi connectivity index (χ0n) is 7.84. The number of carbonyl (C=O) groups excluding carboxylic acids is 1. The van der Waals surface area contributed by atoms with Gasteiger partial charge < -0.3 is 15.1 Å². The lowest BCUT2D eigenvalue weighted by Gasteiger charge is -2.36. The predicted octanol–water partition coefficient (Wildman–Crippen LogP) is -0.412. The number of carboxylic acids is 2. The van der Waals surface area contributed by atoms with Gasteiger partial charge in [-0.3, -0.25) is 9.59 Å². The average molecular weight is 231 g/mol. The molecule has 2 aliphatic rings. The first-order valence-corrected chi connectivity index (χ1v) is 5.21. The van der Waals surface area contributed by atoms with Crippen LogP contribution in [-0.2, 0) is 14.4 Å². The van der Waals surface area contributed by atoms with E-state index in [0.717, 1.165) is 16.7 Å². The summed E-state index contributed by atoms with van der Waals surface area (Å²) in [5, 5.41) is 17.7. The molecule has 2 aliphatic heterocycles. The minimum Gasteiger partial charge on any atom is -0.480 e. The zero-order valence-corrected chi connectivity index (χ0v) is 8.65. The van der Waals surface area contributed by atoms with Crippen LogP contribution in [0.5, 0.6) is 0 Å². The molecule has 82 valence electrons. The molecular formula is C8H9NO5S. The molecule has 0 aromatic carbocycles. The van der Waals surface area contributed by atoms with Crippen LogP contribution in [0.2, 0.25) is 0 Å². The highest BCUT2D eigenvalue weighted by Crippen LogP contribution is 2.50. The fraction of sp³-hybridized carbons (Fsp3) is 0.625. The van der Waals surface area contributed by atoms with Gasteiger partial charge in [0.15, 0.2) is 6.04 Å². The first kappa shape index (κ1) is 10.3. The molecule has 0 aromatic heterocycles. The third-order valence-corrected chi connectivity index (χ3v) is 4.34. The molecule has 2 fully saturated rings. The smallest absolute Gasteiger partial charge is 0.328 e. The van der Waals surface area contributed by atoms with Crippen LogP contribution in [0, 0.1) is 0 Å². The Hall–Kier alpha value is -1.24. The van der Waals surface area contributed by atoms with Gasteiger partial charge in [0.05, 0.1) is 11.8 Å². The third-order valence-electron chi connectivity index (χ3n) is 2.79. The van der Waals surface area contributed by atoms with E-state index in [1.165, 1.54) is 6.92 Å². The number of β-lactam (4-membered cyclic amide) rings is 1. The van der Waals surface area contributed by atoms with E-state index in [-0.39, 0.29) is 17.7 Å². The Labute approximate surface area is 89.2 Å². The molecule has 0 aromatic rings. The quantitative estimate of drug-likeness (QED) is 0.627. The van der Waals surface area contributed by atoms with Crippen LogP contribution in [0.25, 0.3) is 0 Å². The van der Waals surface area contributed by atoms with Crippen molar-refractivity contribution >= 4 is 29.6 Å². The number of hydrogen-bond acceptors (Lipinski definition) is 4. The number of carbonyl (C=O) groups is 3. The molecular weight excluding hydrogens is 222 g/mol. The van der Waals surface area contributed by atoms with Crippen LogP contribution in [0.3, 0.4) is 0 Å². The average Bonchev–Trinajstić information content (AvgIpc) is 2.35. The van der Waals surface area contributed by atoms with E-state index in [1.807, 2.05) is 0 Å².